The zero-order valence-corrected chi connectivity index (χ0v) is 7.86. The second-order valence-electron chi connectivity index (χ2n) is 2.76. The first-order valence-corrected chi connectivity index (χ1v) is 4.26. The third-order valence-corrected chi connectivity index (χ3v) is 2.08. The van der Waals surface area contributed by atoms with Gasteiger partial charge in [-0.05, 0) is 6.07 Å². The summed E-state index contributed by atoms with van der Waals surface area (Å²) < 4.78 is 1.65. The van der Waals surface area contributed by atoms with Gasteiger partial charge >= 0.3 is 0 Å². The molecule has 1 aromatic carbocycles. The summed E-state index contributed by atoms with van der Waals surface area (Å²) in [6, 6.07) is 7.58. The van der Waals surface area contributed by atoms with E-state index in [0.717, 1.165) is 11.3 Å². The van der Waals surface area contributed by atoms with Crippen LogP contribution in [0.1, 0.15) is 0 Å². The molecular formula is C9H8ClN3. The van der Waals surface area contributed by atoms with Crippen molar-refractivity contribution in [1.29, 1.82) is 0 Å². The first-order chi connectivity index (χ1) is 6.27. The Morgan fingerprint density at radius 1 is 1.31 bits per heavy atom. The summed E-state index contributed by atoms with van der Waals surface area (Å²) in [5.41, 5.74) is 1.71. The lowest BCUT2D eigenvalue weighted by Gasteiger charge is -1.96. The summed E-state index contributed by atoms with van der Waals surface area (Å²) in [6.45, 7) is 0. The molecule has 0 amide bonds. The molecule has 2 rings (SSSR count). The molecule has 0 aliphatic rings. The van der Waals surface area contributed by atoms with Crippen LogP contribution in [-0.4, -0.2) is 15.0 Å². The Morgan fingerprint density at radius 3 is 2.69 bits per heavy atom. The highest BCUT2D eigenvalue weighted by Crippen LogP contribution is 2.24. The Labute approximate surface area is 81.0 Å². The maximum atomic E-state index is 5.99. The van der Waals surface area contributed by atoms with Gasteiger partial charge in [-0.3, -0.25) is 4.68 Å². The maximum absolute atomic E-state index is 5.99. The van der Waals surface area contributed by atoms with Crippen LogP contribution in [0.5, 0.6) is 0 Å². The van der Waals surface area contributed by atoms with Crippen LogP contribution in [-0.2, 0) is 7.05 Å². The summed E-state index contributed by atoms with van der Waals surface area (Å²) in [6.07, 6.45) is 1.83. The monoisotopic (exact) mass is 193 g/mol. The summed E-state index contributed by atoms with van der Waals surface area (Å²) in [4.78, 5) is 0. The predicted octanol–water partition coefficient (Wildman–Crippen LogP) is 2.14. The number of hydrogen-bond donors (Lipinski definition) is 0. The summed E-state index contributed by atoms with van der Waals surface area (Å²) in [7, 11) is 1.83. The minimum atomic E-state index is 0.697. The van der Waals surface area contributed by atoms with Crippen molar-refractivity contribution in [2.45, 2.75) is 0 Å². The molecule has 4 heteroatoms. The molecule has 0 saturated heterocycles. The molecule has 0 atom stereocenters. The van der Waals surface area contributed by atoms with Crippen molar-refractivity contribution in [3.8, 4) is 11.3 Å². The second kappa shape index (κ2) is 3.18. The lowest BCUT2D eigenvalue weighted by Crippen LogP contribution is -1.85. The van der Waals surface area contributed by atoms with Gasteiger partial charge in [-0.15, -0.1) is 5.10 Å². The number of rotatable bonds is 1. The van der Waals surface area contributed by atoms with Crippen molar-refractivity contribution < 1.29 is 0 Å². The fourth-order valence-corrected chi connectivity index (χ4v) is 1.37. The fourth-order valence-electron chi connectivity index (χ4n) is 1.14. The molecule has 0 spiro atoms. The largest absolute Gasteiger partial charge is 0.255 e. The molecule has 0 unspecified atom stereocenters. The minimum absolute atomic E-state index is 0.697. The van der Waals surface area contributed by atoms with Crippen LogP contribution in [0, 0.1) is 0 Å². The van der Waals surface area contributed by atoms with Gasteiger partial charge in [0, 0.05) is 12.6 Å². The molecule has 13 heavy (non-hydrogen) atoms. The van der Waals surface area contributed by atoms with Gasteiger partial charge in [0.15, 0.2) is 0 Å². The van der Waals surface area contributed by atoms with Crippen LogP contribution in [0.3, 0.4) is 0 Å². The molecule has 3 nitrogen and oxygen atoms in total. The van der Waals surface area contributed by atoms with Crippen LogP contribution in [0.25, 0.3) is 11.3 Å². The van der Waals surface area contributed by atoms with Crippen molar-refractivity contribution in [3.63, 3.8) is 0 Å². The van der Waals surface area contributed by atoms with Crippen LogP contribution < -0.4 is 0 Å². The maximum Gasteiger partial charge on any atom is 0.114 e. The van der Waals surface area contributed by atoms with Gasteiger partial charge in [-0.1, -0.05) is 35.0 Å². The molecule has 0 N–H and O–H groups in total. The van der Waals surface area contributed by atoms with Gasteiger partial charge in [0.2, 0.25) is 0 Å². The number of aryl methyl sites for hydroxylation is 1. The van der Waals surface area contributed by atoms with Crippen LogP contribution in [0.2, 0.25) is 5.02 Å². The fraction of sp³-hybridized carbons (Fsp3) is 0.111. The van der Waals surface area contributed by atoms with Crippen LogP contribution in [0.15, 0.2) is 30.5 Å². The first-order valence-electron chi connectivity index (χ1n) is 3.88. The van der Waals surface area contributed by atoms with E-state index in [2.05, 4.69) is 10.3 Å². The lowest BCUT2D eigenvalue weighted by molar-refractivity contribution is 0.715. The Balaban J connectivity index is 2.52. The zero-order chi connectivity index (χ0) is 9.26. The topological polar surface area (TPSA) is 30.7 Å². The average molecular weight is 194 g/mol. The number of aromatic nitrogens is 3. The first kappa shape index (κ1) is 8.26. The van der Waals surface area contributed by atoms with Gasteiger partial charge in [-0.25, -0.2) is 0 Å². The van der Waals surface area contributed by atoms with Gasteiger partial charge in [0.25, 0.3) is 0 Å². The predicted molar refractivity (Wildman–Crippen MR) is 51.4 cm³/mol. The standard InChI is InChI=1S/C9H8ClN3/c1-13-6-9(11-12-13)7-4-2-3-5-8(7)10/h2-6H,1H3. The van der Waals surface area contributed by atoms with Crippen molar-refractivity contribution in [3.05, 3.63) is 35.5 Å². The molecule has 1 heterocycles. The van der Waals surface area contributed by atoms with Crippen molar-refractivity contribution in [1.82, 2.24) is 15.0 Å². The zero-order valence-electron chi connectivity index (χ0n) is 7.11. The molecule has 0 saturated carbocycles. The molecule has 2 aromatic rings. The summed E-state index contributed by atoms with van der Waals surface area (Å²) >= 11 is 5.99. The normalized spacial score (nSPS) is 10.3. The molecule has 1 aromatic heterocycles. The smallest absolute Gasteiger partial charge is 0.114 e. The second-order valence-corrected chi connectivity index (χ2v) is 3.16. The lowest BCUT2D eigenvalue weighted by atomic mass is 10.2. The quantitative estimate of drug-likeness (QED) is 0.695. The van der Waals surface area contributed by atoms with E-state index < -0.39 is 0 Å². The Hall–Kier alpha value is -1.35. The third kappa shape index (κ3) is 1.55. The molecule has 0 radical (unpaired) electrons. The highest BCUT2D eigenvalue weighted by Gasteiger charge is 2.05. The molecule has 0 aliphatic carbocycles. The van der Waals surface area contributed by atoms with E-state index in [1.807, 2.05) is 37.5 Å². The SMILES string of the molecule is Cn1cc(-c2ccccc2Cl)nn1. The minimum Gasteiger partial charge on any atom is -0.255 e. The van der Waals surface area contributed by atoms with Gasteiger partial charge in [-0.2, -0.15) is 0 Å². The van der Waals surface area contributed by atoms with Gasteiger partial charge in [0.1, 0.15) is 5.69 Å². The summed E-state index contributed by atoms with van der Waals surface area (Å²) in [5.74, 6) is 0. The Morgan fingerprint density at radius 2 is 2.08 bits per heavy atom. The van der Waals surface area contributed by atoms with E-state index >= 15 is 0 Å². The number of halogens is 1. The van der Waals surface area contributed by atoms with Crippen molar-refractivity contribution in [2.75, 3.05) is 0 Å². The summed E-state index contributed by atoms with van der Waals surface area (Å²) in [5, 5.41) is 8.51. The van der Waals surface area contributed by atoms with E-state index in [4.69, 9.17) is 11.6 Å². The number of hydrogen-bond acceptors (Lipinski definition) is 2. The van der Waals surface area contributed by atoms with Crippen LogP contribution >= 0.6 is 11.6 Å². The number of nitrogens with zero attached hydrogens (tertiary/aromatic N) is 3. The molecule has 0 fully saturated rings. The van der Waals surface area contributed by atoms with E-state index in [1.165, 1.54) is 0 Å². The number of benzene rings is 1. The van der Waals surface area contributed by atoms with Gasteiger partial charge < -0.3 is 0 Å². The van der Waals surface area contributed by atoms with Crippen molar-refractivity contribution >= 4 is 11.6 Å². The highest BCUT2D eigenvalue weighted by molar-refractivity contribution is 6.33. The third-order valence-electron chi connectivity index (χ3n) is 1.75. The van der Waals surface area contributed by atoms with Crippen LogP contribution in [0.4, 0.5) is 0 Å². The van der Waals surface area contributed by atoms with E-state index in [-0.39, 0.29) is 0 Å². The Bertz CT molecular complexity index is 422. The Kier molecular flexibility index (Phi) is 2.02. The van der Waals surface area contributed by atoms with E-state index in [0.29, 0.717) is 5.02 Å². The van der Waals surface area contributed by atoms with E-state index in [1.54, 1.807) is 4.68 Å². The van der Waals surface area contributed by atoms with Crippen molar-refractivity contribution in [2.24, 2.45) is 7.05 Å². The molecule has 66 valence electrons. The highest BCUT2D eigenvalue weighted by atomic mass is 35.5. The molecule has 0 aliphatic heterocycles. The molecule has 0 bridgehead atoms. The average Bonchev–Trinajstić information content (AvgIpc) is 2.53. The molecular weight excluding hydrogens is 186 g/mol. The van der Waals surface area contributed by atoms with E-state index in [9.17, 15) is 0 Å². The van der Waals surface area contributed by atoms with Gasteiger partial charge in [0.05, 0.1) is 11.2 Å².